The molecular weight excluding hydrogens is 431 g/mol. The molecule has 2 N–H and O–H groups in total. The van der Waals surface area contributed by atoms with Gasteiger partial charge in [0.15, 0.2) is 5.82 Å². The molecule has 0 fully saturated rings. The highest BCUT2D eigenvalue weighted by atomic mass is 32.2. The van der Waals surface area contributed by atoms with Crippen molar-refractivity contribution in [3.8, 4) is 11.1 Å². The number of aromatic nitrogens is 3. The van der Waals surface area contributed by atoms with Crippen LogP contribution >= 0.6 is 0 Å². The van der Waals surface area contributed by atoms with Gasteiger partial charge < -0.3 is 5.32 Å². The van der Waals surface area contributed by atoms with Crippen LogP contribution in [0.2, 0.25) is 0 Å². The molecule has 0 saturated carbocycles. The van der Waals surface area contributed by atoms with Crippen LogP contribution in [0.3, 0.4) is 0 Å². The van der Waals surface area contributed by atoms with E-state index >= 15 is 0 Å². The second kappa shape index (κ2) is 7.84. The van der Waals surface area contributed by atoms with Crippen molar-refractivity contribution in [2.24, 2.45) is 0 Å². The summed E-state index contributed by atoms with van der Waals surface area (Å²) >= 11 is 0. The Hall–Kier alpha value is -3.73. The Bertz CT molecular complexity index is 1410. The number of sulfonamides is 1. The lowest BCUT2D eigenvalue weighted by atomic mass is 10.0. The fourth-order valence-electron chi connectivity index (χ4n) is 2.99. The van der Waals surface area contributed by atoms with Crippen molar-refractivity contribution >= 4 is 38.1 Å². The van der Waals surface area contributed by atoms with E-state index in [0.29, 0.717) is 16.5 Å². The van der Waals surface area contributed by atoms with Gasteiger partial charge in [0.2, 0.25) is 16.0 Å². The van der Waals surface area contributed by atoms with E-state index in [2.05, 4.69) is 20.3 Å². The maximum atomic E-state index is 14.8. The van der Waals surface area contributed by atoms with Crippen LogP contribution in [0, 0.1) is 17.6 Å². The van der Waals surface area contributed by atoms with Gasteiger partial charge in [-0.1, -0.05) is 6.07 Å². The van der Waals surface area contributed by atoms with Crippen molar-refractivity contribution in [1.29, 1.82) is 0 Å². The fraction of sp³-hybridized carbons (Fsp3) is 0.0500. The highest BCUT2D eigenvalue weighted by Gasteiger charge is 2.18. The Kier molecular flexibility index (Phi) is 5.19. The van der Waals surface area contributed by atoms with Crippen molar-refractivity contribution in [1.82, 2.24) is 15.0 Å². The average molecular weight is 445 g/mol. The number of hydrogen-bond acceptors (Lipinski definition) is 6. The predicted molar refractivity (Wildman–Crippen MR) is 111 cm³/mol. The first-order chi connectivity index (χ1) is 14.7. The largest absolute Gasteiger partial charge is 0.335 e. The molecular formula is C20H14F3N5O2S. The number of fused-ring (bicyclic) bond motifs is 1. The lowest BCUT2D eigenvalue weighted by Gasteiger charge is -2.14. The summed E-state index contributed by atoms with van der Waals surface area (Å²) in [7, 11) is -3.78. The molecule has 0 bridgehead atoms. The minimum atomic E-state index is -3.78. The number of nitrogens with one attached hydrogen (secondary N) is 2. The number of anilines is 3. The smallest absolute Gasteiger partial charge is 0.229 e. The molecule has 0 atom stereocenters. The maximum Gasteiger partial charge on any atom is 0.229 e. The highest BCUT2D eigenvalue weighted by molar-refractivity contribution is 7.92. The topological polar surface area (TPSA) is 96.9 Å². The van der Waals surface area contributed by atoms with Crippen LogP contribution in [0.1, 0.15) is 0 Å². The third-order valence-corrected chi connectivity index (χ3v) is 4.93. The zero-order chi connectivity index (χ0) is 22.2. The molecule has 0 spiro atoms. The molecule has 4 rings (SSSR count). The summed E-state index contributed by atoms with van der Waals surface area (Å²) in [6.45, 7) is 0. The van der Waals surface area contributed by atoms with E-state index in [-0.39, 0.29) is 11.4 Å². The minimum Gasteiger partial charge on any atom is -0.335 e. The van der Waals surface area contributed by atoms with Gasteiger partial charge in [0, 0.05) is 17.1 Å². The molecule has 0 aliphatic carbocycles. The van der Waals surface area contributed by atoms with Crippen LogP contribution in [0.25, 0.3) is 22.0 Å². The van der Waals surface area contributed by atoms with E-state index < -0.39 is 39.0 Å². The van der Waals surface area contributed by atoms with Crippen LogP contribution in [0.4, 0.5) is 30.4 Å². The normalized spacial score (nSPS) is 11.5. The van der Waals surface area contributed by atoms with Gasteiger partial charge >= 0.3 is 0 Å². The Morgan fingerprint density at radius 2 is 1.77 bits per heavy atom. The lowest BCUT2D eigenvalue weighted by molar-refractivity contribution is 0.587. The standard InChI is InChI=1S/C20H14F3N5O2S/c1-31(29,30)28-16-7-5-14(21)18(17(16)22)27-20-13-9-11(4-6-15(13)25-10-26-20)12-3-2-8-24-19(12)23/h2-10,28H,1H3,(H,25,26,27). The van der Waals surface area contributed by atoms with Gasteiger partial charge in [0.1, 0.15) is 23.6 Å². The van der Waals surface area contributed by atoms with E-state index in [1.807, 2.05) is 4.72 Å². The quantitative estimate of drug-likeness (QED) is 0.447. The van der Waals surface area contributed by atoms with Crippen LogP contribution < -0.4 is 10.0 Å². The number of nitrogens with zero attached hydrogens (tertiary/aromatic N) is 3. The molecule has 7 nitrogen and oxygen atoms in total. The van der Waals surface area contributed by atoms with Crippen molar-refractivity contribution < 1.29 is 21.6 Å². The van der Waals surface area contributed by atoms with E-state index in [1.54, 1.807) is 30.3 Å². The first-order valence-electron chi connectivity index (χ1n) is 8.81. The van der Waals surface area contributed by atoms with Gasteiger partial charge in [-0.25, -0.2) is 32.2 Å². The number of benzene rings is 2. The number of pyridine rings is 1. The lowest BCUT2D eigenvalue weighted by Crippen LogP contribution is -2.12. The molecule has 0 aliphatic rings. The zero-order valence-electron chi connectivity index (χ0n) is 15.9. The monoisotopic (exact) mass is 445 g/mol. The van der Waals surface area contributed by atoms with Crippen LogP contribution in [-0.2, 0) is 10.0 Å². The highest BCUT2D eigenvalue weighted by Crippen LogP contribution is 2.32. The van der Waals surface area contributed by atoms with Crippen LogP contribution in [-0.4, -0.2) is 29.6 Å². The van der Waals surface area contributed by atoms with Gasteiger partial charge in [-0.3, -0.25) is 4.72 Å². The molecule has 31 heavy (non-hydrogen) atoms. The molecule has 0 saturated heterocycles. The van der Waals surface area contributed by atoms with Crippen LogP contribution in [0.15, 0.2) is 55.0 Å². The summed E-state index contributed by atoms with van der Waals surface area (Å²) in [6.07, 6.45) is 3.36. The van der Waals surface area contributed by atoms with Gasteiger partial charge in [-0.2, -0.15) is 4.39 Å². The van der Waals surface area contributed by atoms with Crippen molar-refractivity contribution in [3.05, 3.63) is 72.6 Å². The summed E-state index contributed by atoms with van der Waals surface area (Å²) in [5.41, 5.74) is 0.103. The average Bonchev–Trinajstić information content (AvgIpc) is 2.72. The molecule has 4 aromatic rings. The summed E-state index contributed by atoms with van der Waals surface area (Å²) in [6, 6.07) is 9.81. The van der Waals surface area contributed by atoms with E-state index in [9.17, 15) is 21.6 Å². The molecule has 0 amide bonds. The van der Waals surface area contributed by atoms with Gasteiger partial charge in [0.05, 0.1) is 17.5 Å². The molecule has 0 unspecified atom stereocenters. The van der Waals surface area contributed by atoms with E-state index in [1.165, 1.54) is 12.5 Å². The Balaban J connectivity index is 1.82. The molecule has 11 heteroatoms. The second-order valence-corrected chi connectivity index (χ2v) is 8.33. The zero-order valence-corrected chi connectivity index (χ0v) is 16.7. The predicted octanol–water partition coefficient (Wildman–Crippen LogP) is 4.22. The maximum absolute atomic E-state index is 14.8. The third-order valence-electron chi connectivity index (χ3n) is 4.34. The number of hydrogen-bond donors (Lipinski definition) is 2. The minimum absolute atomic E-state index is 0.0467. The molecule has 2 aromatic carbocycles. The number of rotatable bonds is 5. The third kappa shape index (κ3) is 4.26. The summed E-state index contributed by atoms with van der Waals surface area (Å²) in [5.74, 6) is -2.74. The fourth-order valence-corrected chi connectivity index (χ4v) is 3.55. The summed E-state index contributed by atoms with van der Waals surface area (Å²) in [4.78, 5) is 11.8. The summed E-state index contributed by atoms with van der Waals surface area (Å²) in [5, 5.41) is 2.92. The molecule has 2 aromatic heterocycles. The van der Waals surface area contributed by atoms with Gasteiger partial charge in [-0.15, -0.1) is 0 Å². The molecule has 0 aliphatic heterocycles. The Morgan fingerprint density at radius 3 is 2.52 bits per heavy atom. The van der Waals surface area contributed by atoms with E-state index in [4.69, 9.17) is 0 Å². The SMILES string of the molecule is CS(=O)(=O)Nc1ccc(F)c(Nc2ncnc3ccc(-c4cccnc4F)cc23)c1F. The number of halogens is 3. The molecule has 2 heterocycles. The van der Waals surface area contributed by atoms with Gasteiger partial charge in [0.25, 0.3) is 0 Å². The van der Waals surface area contributed by atoms with Crippen LogP contribution in [0.5, 0.6) is 0 Å². The first-order valence-corrected chi connectivity index (χ1v) is 10.7. The second-order valence-electron chi connectivity index (χ2n) is 6.58. The molecule has 0 radical (unpaired) electrons. The first kappa shape index (κ1) is 20.5. The Morgan fingerprint density at radius 1 is 0.968 bits per heavy atom. The van der Waals surface area contributed by atoms with Gasteiger partial charge in [-0.05, 0) is 42.0 Å². The van der Waals surface area contributed by atoms with E-state index in [0.717, 1.165) is 18.4 Å². The summed E-state index contributed by atoms with van der Waals surface area (Å²) < 4.78 is 68.1. The Labute approximate surface area is 175 Å². The molecule has 158 valence electrons. The van der Waals surface area contributed by atoms with Crippen molar-refractivity contribution in [2.75, 3.05) is 16.3 Å². The van der Waals surface area contributed by atoms with Crippen molar-refractivity contribution in [3.63, 3.8) is 0 Å². The van der Waals surface area contributed by atoms with Crippen molar-refractivity contribution in [2.45, 2.75) is 0 Å².